The number of methoxy groups -OCH3 is 1. The Hall–Kier alpha value is -2.25. The highest BCUT2D eigenvalue weighted by molar-refractivity contribution is 5.95. The maximum Gasteiger partial charge on any atom is 0.251 e. The highest BCUT2D eigenvalue weighted by Crippen LogP contribution is 2.25. The largest absolute Gasteiger partial charge is 0.383 e. The molecule has 2 aromatic rings. The fraction of sp³-hybridized carbons (Fsp3) is 0.500. The minimum absolute atomic E-state index is 0.0227. The molecule has 7 heteroatoms. The first-order valence-electron chi connectivity index (χ1n) is 8.73. The van der Waals surface area contributed by atoms with E-state index in [-0.39, 0.29) is 5.91 Å². The van der Waals surface area contributed by atoms with Crippen LogP contribution in [0, 0.1) is 0 Å². The molecule has 1 atom stereocenters. The fourth-order valence-electron chi connectivity index (χ4n) is 3.21. The summed E-state index contributed by atoms with van der Waals surface area (Å²) in [6, 6.07) is 7.89. The normalized spacial score (nSPS) is 16.9. The van der Waals surface area contributed by atoms with Crippen LogP contribution in [0.4, 0.5) is 0 Å². The van der Waals surface area contributed by atoms with Gasteiger partial charge in [0.1, 0.15) is 12.2 Å². The summed E-state index contributed by atoms with van der Waals surface area (Å²) in [4.78, 5) is 12.6. The number of nitrogens with zero attached hydrogens (tertiary/aromatic N) is 3. The standard InChI is InChI=1S/C18H25N5O2/c1-25-11-10-23-13-21-22-17(23)7-9-20-18(24)16-5-3-2-4-15(16)14-6-8-19-12-14/h2-5,13-14,19H,6-12H2,1H3,(H,20,24)/t14-/m0/s1. The molecule has 1 aliphatic heterocycles. The number of carbonyl (C=O) groups is 1. The van der Waals surface area contributed by atoms with Gasteiger partial charge in [0, 0.05) is 38.7 Å². The van der Waals surface area contributed by atoms with Crippen molar-refractivity contribution in [2.45, 2.75) is 25.3 Å². The molecular formula is C18H25N5O2. The van der Waals surface area contributed by atoms with Crippen molar-refractivity contribution < 1.29 is 9.53 Å². The summed E-state index contributed by atoms with van der Waals surface area (Å²) >= 11 is 0. The predicted octanol–water partition coefficient (Wildman–Crippen LogP) is 0.974. The maximum absolute atomic E-state index is 12.6. The van der Waals surface area contributed by atoms with E-state index in [0.29, 0.717) is 32.0 Å². The lowest BCUT2D eigenvalue weighted by molar-refractivity contribution is 0.0952. The van der Waals surface area contributed by atoms with Gasteiger partial charge in [0.15, 0.2) is 0 Å². The number of rotatable bonds is 8. The van der Waals surface area contributed by atoms with Crippen LogP contribution in [0.1, 0.15) is 34.1 Å². The van der Waals surface area contributed by atoms with E-state index in [9.17, 15) is 4.79 Å². The van der Waals surface area contributed by atoms with Crippen molar-refractivity contribution in [2.75, 3.05) is 33.4 Å². The van der Waals surface area contributed by atoms with Gasteiger partial charge in [-0.15, -0.1) is 10.2 Å². The molecule has 1 fully saturated rings. The van der Waals surface area contributed by atoms with Crippen molar-refractivity contribution in [1.82, 2.24) is 25.4 Å². The SMILES string of the molecule is COCCn1cnnc1CCNC(=O)c1ccccc1[C@H]1CCNC1. The van der Waals surface area contributed by atoms with Gasteiger partial charge in [0.2, 0.25) is 0 Å². The fourth-order valence-corrected chi connectivity index (χ4v) is 3.21. The summed E-state index contributed by atoms with van der Waals surface area (Å²) in [6.07, 6.45) is 3.41. The minimum atomic E-state index is -0.0227. The molecule has 0 bridgehead atoms. The van der Waals surface area contributed by atoms with Gasteiger partial charge in [-0.05, 0) is 30.5 Å². The van der Waals surface area contributed by atoms with E-state index < -0.39 is 0 Å². The van der Waals surface area contributed by atoms with Crippen LogP contribution in [0.2, 0.25) is 0 Å². The van der Waals surface area contributed by atoms with Crippen LogP contribution in [-0.2, 0) is 17.7 Å². The second-order valence-electron chi connectivity index (χ2n) is 6.22. The number of benzene rings is 1. The number of aromatic nitrogens is 3. The van der Waals surface area contributed by atoms with Gasteiger partial charge in [-0.2, -0.15) is 0 Å². The van der Waals surface area contributed by atoms with Crippen LogP contribution in [0.3, 0.4) is 0 Å². The summed E-state index contributed by atoms with van der Waals surface area (Å²) in [5.74, 6) is 1.25. The molecule has 0 unspecified atom stereocenters. The Bertz CT molecular complexity index is 694. The van der Waals surface area contributed by atoms with E-state index in [0.717, 1.165) is 36.5 Å². The summed E-state index contributed by atoms with van der Waals surface area (Å²) in [5.41, 5.74) is 1.91. The Balaban J connectivity index is 1.57. The van der Waals surface area contributed by atoms with E-state index in [1.807, 2.05) is 22.8 Å². The third kappa shape index (κ3) is 4.43. The first-order chi connectivity index (χ1) is 12.3. The molecule has 0 radical (unpaired) electrons. The van der Waals surface area contributed by atoms with E-state index in [1.165, 1.54) is 0 Å². The van der Waals surface area contributed by atoms with Crippen molar-refractivity contribution in [1.29, 1.82) is 0 Å². The molecule has 2 N–H and O–H groups in total. The molecule has 0 saturated carbocycles. The van der Waals surface area contributed by atoms with E-state index in [2.05, 4.69) is 26.9 Å². The molecule has 7 nitrogen and oxygen atoms in total. The number of amides is 1. The van der Waals surface area contributed by atoms with Gasteiger partial charge >= 0.3 is 0 Å². The quantitative estimate of drug-likeness (QED) is 0.747. The summed E-state index contributed by atoms with van der Waals surface area (Å²) in [5, 5.41) is 14.4. The van der Waals surface area contributed by atoms with E-state index in [1.54, 1.807) is 13.4 Å². The second-order valence-corrected chi connectivity index (χ2v) is 6.22. The molecule has 1 aromatic heterocycles. The van der Waals surface area contributed by atoms with Gasteiger partial charge in [-0.1, -0.05) is 18.2 Å². The minimum Gasteiger partial charge on any atom is -0.383 e. The number of ether oxygens (including phenoxy) is 1. The summed E-state index contributed by atoms with van der Waals surface area (Å²) in [7, 11) is 1.67. The Morgan fingerprint density at radius 3 is 3.12 bits per heavy atom. The zero-order valence-electron chi connectivity index (χ0n) is 14.6. The van der Waals surface area contributed by atoms with Crippen LogP contribution in [0.15, 0.2) is 30.6 Å². The van der Waals surface area contributed by atoms with E-state index >= 15 is 0 Å². The molecule has 1 amide bonds. The van der Waals surface area contributed by atoms with Crippen LogP contribution < -0.4 is 10.6 Å². The van der Waals surface area contributed by atoms with Crippen LogP contribution >= 0.6 is 0 Å². The molecule has 134 valence electrons. The highest BCUT2D eigenvalue weighted by atomic mass is 16.5. The van der Waals surface area contributed by atoms with Crippen molar-refractivity contribution in [3.8, 4) is 0 Å². The molecule has 1 aromatic carbocycles. The molecule has 3 rings (SSSR count). The number of nitrogens with one attached hydrogen (secondary N) is 2. The highest BCUT2D eigenvalue weighted by Gasteiger charge is 2.21. The van der Waals surface area contributed by atoms with Crippen LogP contribution in [0.25, 0.3) is 0 Å². The molecule has 0 aliphatic carbocycles. The lowest BCUT2D eigenvalue weighted by atomic mass is 9.93. The molecule has 0 spiro atoms. The second kappa shape index (κ2) is 8.73. The van der Waals surface area contributed by atoms with Gasteiger partial charge in [-0.3, -0.25) is 4.79 Å². The van der Waals surface area contributed by atoms with Crippen molar-refractivity contribution >= 4 is 5.91 Å². The zero-order chi connectivity index (χ0) is 17.5. The first kappa shape index (κ1) is 17.6. The predicted molar refractivity (Wildman–Crippen MR) is 94.6 cm³/mol. The topological polar surface area (TPSA) is 81.1 Å². The third-order valence-corrected chi connectivity index (χ3v) is 4.57. The molecule has 1 aliphatic rings. The molecule has 25 heavy (non-hydrogen) atoms. The number of carbonyl (C=O) groups excluding carboxylic acids is 1. The number of hydrogen-bond acceptors (Lipinski definition) is 5. The number of hydrogen-bond donors (Lipinski definition) is 2. The van der Waals surface area contributed by atoms with Crippen molar-refractivity contribution in [3.05, 3.63) is 47.5 Å². The Morgan fingerprint density at radius 2 is 2.32 bits per heavy atom. The van der Waals surface area contributed by atoms with Crippen LogP contribution in [0.5, 0.6) is 0 Å². The average molecular weight is 343 g/mol. The monoisotopic (exact) mass is 343 g/mol. The average Bonchev–Trinajstić information content (AvgIpc) is 3.32. The third-order valence-electron chi connectivity index (χ3n) is 4.57. The molecular weight excluding hydrogens is 318 g/mol. The van der Waals surface area contributed by atoms with E-state index in [4.69, 9.17) is 4.74 Å². The zero-order valence-corrected chi connectivity index (χ0v) is 14.6. The summed E-state index contributed by atoms with van der Waals surface area (Å²) in [6.45, 7) is 3.80. The smallest absolute Gasteiger partial charge is 0.251 e. The molecule has 1 saturated heterocycles. The van der Waals surface area contributed by atoms with Gasteiger partial charge in [0.25, 0.3) is 5.91 Å². The Labute approximate surface area is 147 Å². The van der Waals surface area contributed by atoms with Gasteiger partial charge in [0.05, 0.1) is 6.61 Å². The lowest BCUT2D eigenvalue weighted by Gasteiger charge is -2.14. The van der Waals surface area contributed by atoms with Crippen molar-refractivity contribution in [2.24, 2.45) is 0 Å². The van der Waals surface area contributed by atoms with Crippen molar-refractivity contribution in [3.63, 3.8) is 0 Å². The maximum atomic E-state index is 12.6. The van der Waals surface area contributed by atoms with Crippen LogP contribution in [-0.4, -0.2) is 54.0 Å². The first-order valence-corrected chi connectivity index (χ1v) is 8.73. The Kier molecular flexibility index (Phi) is 6.14. The van der Waals surface area contributed by atoms with Gasteiger partial charge in [-0.25, -0.2) is 0 Å². The molecule has 2 heterocycles. The van der Waals surface area contributed by atoms with Gasteiger partial charge < -0.3 is 19.9 Å². The Morgan fingerprint density at radius 1 is 1.44 bits per heavy atom. The lowest BCUT2D eigenvalue weighted by Crippen LogP contribution is -2.28. The summed E-state index contributed by atoms with van der Waals surface area (Å²) < 4.78 is 7.03.